The maximum atomic E-state index is 12.3. The first-order valence-electron chi connectivity index (χ1n) is 7.59. The molecule has 0 aromatic carbocycles. The average Bonchev–Trinajstić information content (AvgIpc) is 3.22. The summed E-state index contributed by atoms with van der Waals surface area (Å²) in [6.07, 6.45) is 4.53. The minimum atomic E-state index is -4.11. The highest BCUT2D eigenvalue weighted by atomic mass is 32.2. The summed E-state index contributed by atoms with van der Waals surface area (Å²) in [6, 6.07) is 0.483. The van der Waals surface area contributed by atoms with E-state index in [9.17, 15) is 13.2 Å². The van der Waals surface area contributed by atoms with Crippen molar-refractivity contribution < 1.29 is 13.2 Å². The van der Waals surface area contributed by atoms with Gasteiger partial charge in [0.2, 0.25) is 0 Å². The first kappa shape index (κ1) is 16.4. The van der Waals surface area contributed by atoms with Crippen molar-refractivity contribution in [1.29, 1.82) is 0 Å². The van der Waals surface area contributed by atoms with Gasteiger partial charge in [0.15, 0.2) is 0 Å². The third-order valence-corrected chi connectivity index (χ3v) is 5.63. The Kier molecular flexibility index (Phi) is 5.29. The van der Waals surface area contributed by atoms with Gasteiger partial charge >= 0.3 is 5.51 Å². The highest BCUT2D eigenvalue weighted by Crippen LogP contribution is 2.38. The first-order valence-corrected chi connectivity index (χ1v) is 8.58. The van der Waals surface area contributed by atoms with Crippen LogP contribution in [0.5, 0.6) is 0 Å². The minimum Gasteiger partial charge on any atom is -0.311 e. The molecule has 0 bridgehead atoms. The molecule has 6 heteroatoms. The molecule has 2 fully saturated rings. The molecule has 2 aliphatic rings. The van der Waals surface area contributed by atoms with Gasteiger partial charge in [-0.2, -0.15) is 13.2 Å². The molecule has 2 nitrogen and oxygen atoms in total. The van der Waals surface area contributed by atoms with E-state index >= 15 is 0 Å². The minimum absolute atomic E-state index is 0.0392. The van der Waals surface area contributed by atoms with Crippen LogP contribution >= 0.6 is 11.8 Å². The van der Waals surface area contributed by atoms with Gasteiger partial charge in [0.25, 0.3) is 0 Å². The molecule has 0 radical (unpaired) electrons. The summed E-state index contributed by atoms with van der Waals surface area (Å²) in [5.74, 6) is 0.891. The van der Waals surface area contributed by atoms with Crippen LogP contribution in [0.25, 0.3) is 0 Å². The number of thioether (sulfide) groups is 1. The zero-order valence-corrected chi connectivity index (χ0v) is 13.1. The fraction of sp³-hybridized carbons (Fsp3) is 1.00. The summed E-state index contributed by atoms with van der Waals surface area (Å²) in [4.78, 5) is 2.32. The zero-order valence-electron chi connectivity index (χ0n) is 12.3. The molecule has 118 valence electrons. The lowest BCUT2D eigenvalue weighted by Gasteiger charge is -2.50. The SMILES string of the molecule is CCC1(CC)CNC(C2CC2)CN1CCSC(F)(F)F. The van der Waals surface area contributed by atoms with Gasteiger partial charge in [-0.05, 0) is 43.4 Å². The second-order valence-corrected chi connectivity index (χ2v) is 7.16. The van der Waals surface area contributed by atoms with Gasteiger partial charge in [0.1, 0.15) is 0 Å². The van der Waals surface area contributed by atoms with Crippen molar-refractivity contribution in [3.63, 3.8) is 0 Å². The number of piperazine rings is 1. The third-order valence-electron chi connectivity index (χ3n) is 4.92. The predicted molar refractivity (Wildman–Crippen MR) is 77.9 cm³/mol. The fourth-order valence-corrected chi connectivity index (χ4v) is 3.83. The molecule has 0 amide bonds. The summed E-state index contributed by atoms with van der Waals surface area (Å²) < 4.78 is 36.9. The summed E-state index contributed by atoms with van der Waals surface area (Å²) in [7, 11) is 0. The van der Waals surface area contributed by atoms with Crippen molar-refractivity contribution in [2.45, 2.75) is 56.6 Å². The molecule has 1 unspecified atom stereocenters. The number of halogens is 3. The lowest BCUT2D eigenvalue weighted by molar-refractivity contribution is -0.0333. The second-order valence-electron chi connectivity index (χ2n) is 6.00. The van der Waals surface area contributed by atoms with Gasteiger partial charge in [0, 0.05) is 37.0 Å². The molecule has 0 aromatic rings. The molecule has 20 heavy (non-hydrogen) atoms. The van der Waals surface area contributed by atoms with Gasteiger partial charge in [-0.1, -0.05) is 13.8 Å². The normalized spacial score (nSPS) is 27.8. The van der Waals surface area contributed by atoms with Gasteiger partial charge in [0.05, 0.1) is 0 Å². The van der Waals surface area contributed by atoms with Crippen molar-refractivity contribution >= 4 is 11.8 Å². The molecule has 1 saturated carbocycles. The highest BCUT2D eigenvalue weighted by molar-refractivity contribution is 8.00. The van der Waals surface area contributed by atoms with E-state index in [2.05, 4.69) is 24.1 Å². The topological polar surface area (TPSA) is 15.3 Å². The van der Waals surface area contributed by atoms with Crippen LogP contribution in [0, 0.1) is 5.92 Å². The van der Waals surface area contributed by atoms with Crippen LogP contribution in [0.1, 0.15) is 39.5 Å². The van der Waals surface area contributed by atoms with Crippen LogP contribution in [-0.2, 0) is 0 Å². The number of hydrogen-bond donors (Lipinski definition) is 1. The molecular formula is C14H25F3N2S. The van der Waals surface area contributed by atoms with E-state index in [0.717, 1.165) is 31.8 Å². The quantitative estimate of drug-likeness (QED) is 0.808. The second kappa shape index (κ2) is 6.44. The molecule has 1 saturated heterocycles. The Morgan fingerprint density at radius 2 is 1.90 bits per heavy atom. The summed E-state index contributed by atoms with van der Waals surface area (Å²) in [6.45, 7) is 6.65. The van der Waals surface area contributed by atoms with E-state index in [0.29, 0.717) is 12.6 Å². The maximum Gasteiger partial charge on any atom is 0.441 e. The van der Waals surface area contributed by atoms with Crippen LogP contribution in [0.2, 0.25) is 0 Å². The van der Waals surface area contributed by atoms with Crippen LogP contribution in [0.15, 0.2) is 0 Å². The molecule has 1 aliphatic carbocycles. The van der Waals surface area contributed by atoms with E-state index in [1.54, 1.807) is 0 Å². The van der Waals surface area contributed by atoms with E-state index in [1.165, 1.54) is 12.8 Å². The van der Waals surface area contributed by atoms with E-state index in [4.69, 9.17) is 0 Å². The van der Waals surface area contributed by atoms with Crippen molar-refractivity contribution in [3.05, 3.63) is 0 Å². The number of rotatable bonds is 6. The number of nitrogens with zero attached hydrogens (tertiary/aromatic N) is 1. The Balaban J connectivity index is 1.94. The monoisotopic (exact) mass is 310 g/mol. The molecule has 2 rings (SSSR count). The Morgan fingerprint density at radius 1 is 1.25 bits per heavy atom. The predicted octanol–water partition coefficient (Wildman–Crippen LogP) is 3.48. The van der Waals surface area contributed by atoms with Crippen molar-refractivity contribution in [2.24, 2.45) is 5.92 Å². The Labute approximate surface area is 123 Å². The molecule has 1 heterocycles. The Hall–Kier alpha value is 0.0600. The van der Waals surface area contributed by atoms with Crippen molar-refractivity contribution in [1.82, 2.24) is 10.2 Å². The van der Waals surface area contributed by atoms with E-state index < -0.39 is 5.51 Å². The Morgan fingerprint density at radius 3 is 2.40 bits per heavy atom. The average molecular weight is 310 g/mol. The van der Waals surface area contributed by atoms with Crippen LogP contribution < -0.4 is 5.32 Å². The molecule has 0 aromatic heterocycles. The lowest BCUT2D eigenvalue weighted by Crippen LogP contribution is -2.65. The number of hydrogen-bond acceptors (Lipinski definition) is 3. The standard InChI is InChI=1S/C14H25F3N2S/c1-3-13(4-2)10-18-12(11-5-6-11)9-19(13)7-8-20-14(15,16)17/h11-12,18H,3-10H2,1-2H3. The van der Waals surface area contributed by atoms with Gasteiger partial charge in [-0.25, -0.2) is 0 Å². The number of alkyl halides is 3. The van der Waals surface area contributed by atoms with Crippen molar-refractivity contribution in [3.8, 4) is 0 Å². The van der Waals surface area contributed by atoms with E-state index in [1.807, 2.05) is 0 Å². The van der Waals surface area contributed by atoms with E-state index in [-0.39, 0.29) is 23.1 Å². The Bertz CT molecular complexity index is 314. The van der Waals surface area contributed by atoms with Crippen LogP contribution in [0.4, 0.5) is 13.2 Å². The molecule has 1 N–H and O–H groups in total. The largest absolute Gasteiger partial charge is 0.441 e. The summed E-state index contributed by atoms with van der Waals surface area (Å²) >= 11 is 0.112. The number of nitrogens with one attached hydrogen (secondary N) is 1. The highest BCUT2D eigenvalue weighted by Gasteiger charge is 2.43. The van der Waals surface area contributed by atoms with Crippen LogP contribution in [0.3, 0.4) is 0 Å². The van der Waals surface area contributed by atoms with Gasteiger partial charge in [-0.3, -0.25) is 4.90 Å². The molecule has 1 aliphatic heterocycles. The smallest absolute Gasteiger partial charge is 0.311 e. The maximum absolute atomic E-state index is 12.3. The van der Waals surface area contributed by atoms with Gasteiger partial charge < -0.3 is 5.32 Å². The summed E-state index contributed by atoms with van der Waals surface area (Å²) in [5, 5.41) is 3.64. The van der Waals surface area contributed by atoms with Gasteiger partial charge in [-0.15, -0.1) is 0 Å². The molecule has 1 atom stereocenters. The molecular weight excluding hydrogens is 285 g/mol. The lowest BCUT2D eigenvalue weighted by atomic mass is 9.86. The fourth-order valence-electron chi connectivity index (χ4n) is 3.29. The third kappa shape index (κ3) is 4.04. The van der Waals surface area contributed by atoms with Crippen molar-refractivity contribution in [2.75, 3.05) is 25.4 Å². The molecule has 0 spiro atoms. The zero-order chi connectivity index (χ0) is 14.8. The first-order chi connectivity index (χ1) is 9.40. The summed E-state index contributed by atoms with van der Waals surface area (Å²) in [5.41, 5.74) is -4.07. The van der Waals surface area contributed by atoms with Crippen LogP contribution in [-0.4, -0.2) is 47.4 Å².